The Balaban J connectivity index is 1.80. The summed E-state index contributed by atoms with van der Waals surface area (Å²) in [6.07, 6.45) is 0. The van der Waals surface area contributed by atoms with Crippen molar-refractivity contribution >= 4 is 5.91 Å². The van der Waals surface area contributed by atoms with Crippen molar-refractivity contribution in [2.75, 3.05) is 40.4 Å². The van der Waals surface area contributed by atoms with Crippen LogP contribution in [0.15, 0.2) is 30.3 Å². The van der Waals surface area contributed by atoms with Gasteiger partial charge in [-0.15, -0.1) is 0 Å². The van der Waals surface area contributed by atoms with Gasteiger partial charge in [-0.25, -0.2) is 0 Å². The van der Waals surface area contributed by atoms with Gasteiger partial charge in [-0.1, -0.05) is 29.8 Å². The number of hydrogen-bond acceptors (Lipinski definition) is 4. The van der Waals surface area contributed by atoms with Crippen molar-refractivity contribution in [1.29, 1.82) is 0 Å². The van der Waals surface area contributed by atoms with Crippen LogP contribution < -0.4 is 0 Å². The quantitative estimate of drug-likeness (QED) is 0.689. The number of benzene rings is 1. The van der Waals surface area contributed by atoms with E-state index in [4.69, 9.17) is 4.74 Å². The summed E-state index contributed by atoms with van der Waals surface area (Å²) in [4.78, 5) is 17.5. The Morgan fingerprint density at radius 2 is 1.93 bits per heavy atom. The number of amides is 1. The average Bonchev–Trinajstić information content (AvgIpc) is 3.26. The van der Waals surface area contributed by atoms with Crippen LogP contribution in [-0.4, -0.2) is 71.9 Å². The maximum absolute atomic E-state index is 13.3. The van der Waals surface area contributed by atoms with Gasteiger partial charge in [0, 0.05) is 31.7 Å². The summed E-state index contributed by atoms with van der Waals surface area (Å²) in [5.41, 5.74) is 4.06. The summed E-state index contributed by atoms with van der Waals surface area (Å²) in [6, 6.07) is 10.9. The topological polar surface area (TPSA) is 50.6 Å². The number of aromatic nitrogens is 2. The van der Waals surface area contributed by atoms with Crippen LogP contribution in [0.25, 0.3) is 0 Å². The zero-order valence-corrected chi connectivity index (χ0v) is 17.7. The lowest BCUT2D eigenvalue weighted by Crippen LogP contribution is -2.36. The third-order valence-corrected chi connectivity index (χ3v) is 5.52. The van der Waals surface area contributed by atoms with Crippen molar-refractivity contribution in [2.45, 2.75) is 39.3 Å². The molecule has 1 aromatic heterocycles. The summed E-state index contributed by atoms with van der Waals surface area (Å²) in [5, 5.41) is 4.49. The Hall–Kier alpha value is -2.18. The van der Waals surface area contributed by atoms with Crippen LogP contribution >= 0.6 is 0 Å². The maximum Gasteiger partial charge on any atom is 0.272 e. The number of likely N-dealkylation sites (N-methyl/N-ethyl adjacent to an activating group) is 1. The molecule has 0 bridgehead atoms. The maximum atomic E-state index is 13.3. The first-order chi connectivity index (χ1) is 13.4. The number of aryl methyl sites for hydroxylation is 2. The summed E-state index contributed by atoms with van der Waals surface area (Å²) in [5.74, 6) is 0.360. The molecule has 0 radical (unpaired) electrons. The Morgan fingerprint density at radius 1 is 1.21 bits per heavy atom. The minimum atomic E-state index is 0.0542. The molecule has 0 saturated carbocycles. The SMILES string of the molecule is CCOCCn1nc(C)cc1C(=O)N1CC(c2ccc(C)cc2)C(N(C)C)C1. The fourth-order valence-corrected chi connectivity index (χ4v) is 3.96. The van der Waals surface area contributed by atoms with E-state index in [0.717, 1.165) is 18.8 Å². The Labute approximate surface area is 168 Å². The van der Waals surface area contributed by atoms with E-state index < -0.39 is 0 Å². The molecule has 1 aliphatic heterocycles. The van der Waals surface area contributed by atoms with Crippen LogP contribution in [-0.2, 0) is 11.3 Å². The molecule has 2 heterocycles. The zero-order chi connectivity index (χ0) is 20.3. The first-order valence-corrected chi connectivity index (χ1v) is 10.0. The normalized spacial score (nSPS) is 19.6. The second-order valence-corrected chi connectivity index (χ2v) is 7.85. The van der Waals surface area contributed by atoms with E-state index in [0.29, 0.717) is 37.4 Å². The minimum Gasteiger partial charge on any atom is -0.380 e. The molecule has 1 amide bonds. The molecule has 2 unspecified atom stereocenters. The molecule has 2 atom stereocenters. The van der Waals surface area contributed by atoms with E-state index in [-0.39, 0.29) is 5.91 Å². The predicted octanol–water partition coefficient (Wildman–Crippen LogP) is 2.71. The van der Waals surface area contributed by atoms with E-state index in [1.807, 2.05) is 24.8 Å². The Kier molecular flexibility index (Phi) is 6.52. The molecule has 1 aliphatic rings. The van der Waals surface area contributed by atoms with Gasteiger partial charge in [0.2, 0.25) is 0 Å². The van der Waals surface area contributed by atoms with Gasteiger partial charge >= 0.3 is 0 Å². The molecule has 152 valence electrons. The molecular weight excluding hydrogens is 352 g/mol. The predicted molar refractivity (Wildman–Crippen MR) is 111 cm³/mol. The summed E-state index contributed by atoms with van der Waals surface area (Å²) in [7, 11) is 4.19. The molecule has 2 aromatic rings. The van der Waals surface area contributed by atoms with Crippen molar-refractivity contribution < 1.29 is 9.53 Å². The Bertz CT molecular complexity index is 797. The van der Waals surface area contributed by atoms with E-state index in [9.17, 15) is 4.79 Å². The van der Waals surface area contributed by atoms with Crippen LogP contribution in [0.5, 0.6) is 0 Å². The first kappa shape index (κ1) is 20.6. The third kappa shape index (κ3) is 4.45. The van der Waals surface area contributed by atoms with Crippen LogP contribution in [0, 0.1) is 13.8 Å². The van der Waals surface area contributed by atoms with Gasteiger partial charge in [0.05, 0.1) is 18.8 Å². The lowest BCUT2D eigenvalue weighted by Gasteiger charge is -2.25. The number of rotatable bonds is 7. The third-order valence-electron chi connectivity index (χ3n) is 5.52. The number of nitrogens with zero attached hydrogens (tertiary/aromatic N) is 4. The molecular formula is C22H32N4O2. The highest BCUT2D eigenvalue weighted by Crippen LogP contribution is 2.31. The average molecular weight is 385 g/mol. The van der Waals surface area contributed by atoms with Crippen molar-refractivity contribution in [3.05, 3.63) is 52.8 Å². The van der Waals surface area contributed by atoms with Crippen molar-refractivity contribution in [2.24, 2.45) is 0 Å². The fraction of sp³-hybridized carbons (Fsp3) is 0.545. The monoisotopic (exact) mass is 384 g/mol. The lowest BCUT2D eigenvalue weighted by atomic mass is 9.93. The Morgan fingerprint density at radius 3 is 2.57 bits per heavy atom. The molecule has 3 rings (SSSR count). The van der Waals surface area contributed by atoms with Crippen LogP contribution in [0.3, 0.4) is 0 Å². The molecule has 6 heteroatoms. The van der Waals surface area contributed by atoms with Crippen molar-refractivity contribution in [1.82, 2.24) is 19.6 Å². The number of hydrogen-bond donors (Lipinski definition) is 0. The minimum absolute atomic E-state index is 0.0542. The van der Waals surface area contributed by atoms with Gasteiger partial charge in [-0.2, -0.15) is 5.10 Å². The number of ether oxygens (including phenoxy) is 1. The van der Waals surface area contributed by atoms with E-state index in [2.05, 4.69) is 55.3 Å². The van der Waals surface area contributed by atoms with E-state index in [1.165, 1.54) is 11.1 Å². The number of carbonyl (C=O) groups excluding carboxylic acids is 1. The van der Waals surface area contributed by atoms with Gasteiger partial charge in [-0.05, 0) is 46.5 Å². The standard InChI is InChI=1S/C22H32N4O2/c1-6-28-12-11-26-20(13-17(3)23-26)22(27)25-14-19(21(15-25)24(4)5)18-9-7-16(2)8-10-18/h7-10,13,19,21H,6,11-12,14-15H2,1-5H3. The molecule has 1 aromatic carbocycles. The van der Waals surface area contributed by atoms with Crippen LogP contribution in [0.1, 0.15) is 40.2 Å². The smallest absolute Gasteiger partial charge is 0.272 e. The van der Waals surface area contributed by atoms with Gasteiger partial charge in [0.25, 0.3) is 5.91 Å². The van der Waals surface area contributed by atoms with Gasteiger partial charge in [-0.3, -0.25) is 9.48 Å². The van der Waals surface area contributed by atoms with E-state index >= 15 is 0 Å². The summed E-state index contributed by atoms with van der Waals surface area (Å²) < 4.78 is 7.24. The molecule has 0 spiro atoms. The molecule has 1 saturated heterocycles. The lowest BCUT2D eigenvalue weighted by molar-refractivity contribution is 0.0764. The molecule has 6 nitrogen and oxygen atoms in total. The summed E-state index contributed by atoms with van der Waals surface area (Å²) in [6.45, 7) is 9.26. The zero-order valence-electron chi connectivity index (χ0n) is 17.7. The first-order valence-electron chi connectivity index (χ1n) is 10.0. The molecule has 0 aliphatic carbocycles. The van der Waals surface area contributed by atoms with Gasteiger partial charge in [0.1, 0.15) is 5.69 Å². The highest BCUT2D eigenvalue weighted by atomic mass is 16.5. The fourth-order valence-electron chi connectivity index (χ4n) is 3.96. The van der Waals surface area contributed by atoms with E-state index in [1.54, 1.807) is 4.68 Å². The summed E-state index contributed by atoms with van der Waals surface area (Å²) >= 11 is 0. The number of carbonyl (C=O) groups is 1. The largest absolute Gasteiger partial charge is 0.380 e. The van der Waals surface area contributed by atoms with Crippen molar-refractivity contribution in [3.8, 4) is 0 Å². The van der Waals surface area contributed by atoms with Crippen LogP contribution in [0.4, 0.5) is 0 Å². The van der Waals surface area contributed by atoms with Crippen molar-refractivity contribution in [3.63, 3.8) is 0 Å². The highest BCUT2D eigenvalue weighted by Gasteiger charge is 2.38. The van der Waals surface area contributed by atoms with Crippen LogP contribution in [0.2, 0.25) is 0 Å². The molecule has 28 heavy (non-hydrogen) atoms. The second-order valence-electron chi connectivity index (χ2n) is 7.85. The highest BCUT2D eigenvalue weighted by molar-refractivity contribution is 5.93. The van der Waals surface area contributed by atoms with Gasteiger partial charge in [0.15, 0.2) is 0 Å². The molecule has 0 N–H and O–H groups in total. The molecule has 1 fully saturated rings. The second kappa shape index (κ2) is 8.88. The number of likely N-dealkylation sites (tertiary alicyclic amines) is 1. The van der Waals surface area contributed by atoms with Gasteiger partial charge < -0.3 is 14.5 Å².